The van der Waals surface area contributed by atoms with Gasteiger partial charge in [-0.3, -0.25) is 4.57 Å². The molecule has 2 heterocycles. The van der Waals surface area contributed by atoms with Crippen molar-refractivity contribution in [3.05, 3.63) is 64.8 Å². The molecule has 0 amide bonds. The molecule has 0 saturated carbocycles. The largest absolute Gasteiger partial charge is 0.454 e. The number of carbonyl (C=O) groups excluding carboxylic acids is 1. The first-order valence-corrected chi connectivity index (χ1v) is 7.07. The number of hydrogen-bond donors (Lipinski definition) is 0. The molecule has 114 valence electrons. The molecule has 1 fully saturated rings. The van der Waals surface area contributed by atoms with E-state index in [2.05, 4.69) is 4.98 Å². The summed E-state index contributed by atoms with van der Waals surface area (Å²) in [5.41, 5.74) is 0.0428. The fraction of sp³-hybridized carbons (Fsp3) is 0.312. The maximum absolute atomic E-state index is 12.2. The SMILES string of the molecule is C[C@H]1CO[C@@H](n2cccnc2=O)[C@@H]1OC(=O)c1ccccc1. The van der Waals surface area contributed by atoms with Gasteiger partial charge in [-0.15, -0.1) is 0 Å². The molecule has 1 aromatic heterocycles. The molecule has 0 unspecified atom stereocenters. The third-order valence-electron chi connectivity index (χ3n) is 3.64. The highest BCUT2D eigenvalue weighted by Crippen LogP contribution is 2.30. The van der Waals surface area contributed by atoms with Crippen molar-refractivity contribution in [3.63, 3.8) is 0 Å². The molecule has 1 aliphatic rings. The van der Waals surface area contributed by atoms with Crippen LogP contribution in [-0.4, -0.2) is 28.2 Å². The zero-order valence-electron chi connectivity index (χ0n) is 12.1. The molecule has 3 rings (SSSR count). The van der Waals surface area contributed by atoms with E-state index in [1.54, 1.807) is 36.5 Å². The van der Waals surface area contributed by atoms with Gasteiger partial charge in [0.1, 0.15) is 0 Å². The van der Waals surface area contributed by atoms with E-state index in [0.717, 1.165) is 0 Å². The molecule has 1 aliphatic heterocycles. The Kier molecular flexibility index (Phi) is 4.02. The summed E-state index contributed by atoms with van der Waals surface area (Å²) < 4.78 is 12.6. The van der Waals surface area contributed by atoms with E-state index in [-0.39, 0.29) is 5.92 Å². The Morgan fingerprint density at radius 1 is 1.32 bits per heavy atom. The molecule has 0 radical (unpaired) electrons. The van der Waals surface area contributed by atoms with Gasteiger partial charge in [0.25, 0.3) is 0 Å². The number of nitrogens with zero attached hydrogens (tertiary/aromatic N) is 2. The van der Waals surface area contributed by atoms with E-state index in [1.807, 2.05) is 13.0 Å². The molecule has 1 aromatic carbocycles. The van der Waals surface area contributed by atoms with Crippen LogP contribution in [0.25, 0.3) is 0 Å². The molecular weight excluding hydrogens is 284 g/mol. The van der Waals surface area contributed by atoms with Crippen molar-refractivity contribution in [3.8, 4) is 0 Å². The van der Waals surface area contributed by atoms with Gasteiger partial charge in [-0.2, -0.15) is 0 Å². The zero-order chi connectivity index (χ0) is 15.5. The second-order valence-corrected chi connectivity index (χ2v) is 5.25. The van der Waals surface area contributed by atoms with Gasteiger partial charge >= 0.3 is 11.7 Å². The number of rotatable bonds is 3. The van der Waals surface area contributed by atoms with E-state index in [0.29, 0.717) is 12.2 Å². The molecular formula is C16H16N2O4. The van der Waals surface area contributed by atoms with Crippen LogP contribution in [-0.2, 0) is 9.47 Å². The Balaban J connectivity index is 1.83. The Labute approximate surface area is 127 Å². The lowest BCUT2D eigenvalue weighted by Gasteiger charge is -2.22. The number of esters is 1. The second kappa shape index (κ2) is 6.11. The molecule has 0 spiro atoms. The van der Waals surface area contributed by atoms with Gasteiger partial charge < -0.3 is 9.47 Å². The number of hydrogen-bond acceptors (Lipinski definition) is 5. The third-order valence-corrected chi connectivity index (χ3v) is 3.64. The van der Waals surface area contributed by atoms with Crippen LogP contribution < -0.4 is 5.69 Å². The normalized spacial score (nSPS) is 24.1. The minimum atomic E-state index is -0.649. The van der Waals surface area contributed by atoms with Gasteiger partial charge in [0, 0.05) is 18.3 Å². The van der Waals surface area contributed by atoms with Crippen LogP contribution >= 0.6 is 0 Å². The summed E-state index contributed by atoms with van der Waals surface area (Å²) in [5, 5.41) is 0. The fourth-order valence-corrected chi connectivity index (χ4v) is 2.46. The van der Waals surface area contributed by atoms with Crippen molar-refractivity contribution in [2.24, 2.45) is 5.92 Å². The lowest BCUT2D eigenvalue weighted by molar-refractivity contribution is -0.0351. The molecule has 1 saturated heterocycles. The average molecular weight is 300 g/mol. The van der Waals surface area contributed by atoms with Crippen LogP contribution in [0.3, 0.4) is 0 Å². The molecule has 0 aliphatic carbocycles. The van der Waals surface area contributed by atoms with E-state index >= 15 is 0 Å². The van der Waals surface area contributed by atoms with Crippen LogP contribution in [0.1, 0.15) is 23.5 Å². The second-order valence-electron chi connectivity index (χ2n) is 5.25. The summed E-state index contributed by atoms with van der Waals surface area (Å²) in [6, 6.07) is 10.4. The number of aromatic nitrogens is 2. The monoisotopic (exact) mass is 300 g/mol. The Bertz CT molecular complexity index is 713. The third kappa shape index (κ3) is 2.78. The van der Waals surface area contributed by atoms with Crippen molar-refractivity contribution in [1.29, 1.82) is 0 Å². The summed E-state index contributed by atoms with van der Waals surface area (Å²) in [5.74, 6) is -0.436. The Morgan fingerprint density at radius 3 is 2.82 bits per heavy atom. The Hall–Kier alpha value is -2.47. The van der Waals surface area contributed by atoms with Crippen LogP contribution in [0.15, 0.2) is 53.6 Å². The van der Waals surface area contributed by atoms with Crippen molar-refractivity contribution in [1.82, 2.24) is 9.55 Å². The quantitative estimate of drug-likeness (QED) is 0.806. The van der Waals surface area contributed by atoms with Crippen molar-refractivity contribution < 1.29 is 14.3 Å². The first-order chi connectivity index (χ1) is 10.7. The average Bonchev–Trinajstić information content (AvgIpc) is 2.90. The van der Waals surface area contributed by atoms with E-state index in [9.17, 15) is 9.59 Å². The summed E-state index contributed by atoms with van der Waals surface area (Å²) in [7, 11) is 0. The lowest BCUT2D eigenvalue weighted by Crippen LogP contribution is -2.35. The standard InChI is InChI=1S/C16H16N2O4/c1-11-10-21-14(18-9-5-8-17-16(18)20)13(11)22-15(19)12-6-3-2-4-7-12/h2-9,11,13-14H,10H2,1H3/t11-,13+,14+/m0/s1. The first-order valence-electron chi connectivity index (χ1n) is 7.07. The van der Waals surface area contributed by atoms with Crippen LogP contribution in [0.4, 0.5) is 0 Å². The predicted molar refractivity (Wildman–Crippen MR) is 78.3 cm³/mol. The molecule has 3 atom stereocenters. The topological polar surface area (TPSA) is 70.4 Å². The smallest absolute Gasteiger partial charge is 0.349 e. The van der Waals surface area contributed by atoms with Crippen LogP contribution in [0.2, 0.25) is 0 Å². The highest BCUT2D eigenvalue weighted by atomic mass is 16.6. The zero-order valence-corrected chi connectivity index (χ0v) is 12.1. The number of carbonyl (C=O) groups is 1. The molecule has 6 heteroatoms. The molecule has 22 heavy (non-hydrogen) atoms. The summed E-state index contributed by atoms with van der Waals surface area (Å²) in [6.07, 6.45) is 1.82. The summed E-state index contributed by atoms with van der Waals surface area (Å²) in [4.78, 5) is 27.8. The number of ether oxygens (including phenoxy) is 2. The summed E-state index contributed by atoms with van der Waals surface area (Å²) in [6.45, 7) is 2.34. The maximum Gasteiger partial charge on any atom is 0.349 e. The van der Waals surface area contributed by atoms with E-state index in [1.165, 1.54) is 10.8 Å². The fourth-order valence-electron chi connectivity index (χ4n) is 2.46. The number of benzene rings is 1. The van der Waals surface area contributed by atoms with Gasteiger partial charge in [-0.05, 0) is 18.2 Å². The lowest BCUT2D eigenvalue weighted by atomic mass is 10.1. The van der Waals surface area contributed by atoms with E-state index < -0.39 is 24.0 Å². The minimum Gasteiger partial charge on any atom is -0.454 e. The molecule has 0 bridgehead atoms. The molecule has 6 nitrogen and oxygen atoms in total. The molecule has 0 N–H and O–H groups in total. The van der Waals surface area contributed by atoms with Crippen molar-refractivity contribution in [2.75, 3.05) is 6.61 Å². The van der Waals surface area contributed by atoms with Gasteiger partial charge in [-0.1, -0.05) is 25.1 Å². The van der Waals surface area contributed by atoms with E-state index in [4.69, 9.17) is 9.47 Å². The highest BCUT2D eigenvalue weighted by molar-refractivity contribution is 5.89. The maximum atomic E-state index is 12.2. The van der Waals surface area contributed by atoms with Gasteiger partial charge in [0.05, 0.1) is 12.2 Å². The Morgan fingerprint density at radius 2 is 2.09 bits per heavy atom. The highest BCUT2D eigenvalue weighted by Gasteiger charge is 2.39. The van der Waals surface area contributed by atoms with Crippen molar-refractivity contribution >= 4 is 5.97 Å². The molecule has 2 aromatic rings. The van der Waals surface area contributed by atoms with Crippen molar-refractivity contribution in [2.45, 2.75) is 19.3 Å². The summed E-state index contributed by atoms with van der Waals surface area (Å²) >= 11 is 0. The first kappa shape index (κ1) is 14.5. The predicted octanol–water partition coefficient (Wildman–Crippen LogP) is 1.63. The van der Waals surface area contributed by atoms with Crippen LogP contribution in [0.5, 0.6) is 0 Å². The minimum absolute atomic E-state index is 0.00947. The van der Waals surface area contributed by atoms with Crippen LogP contribution in [0, 0.1) is 5.92 Å². The van der Waals surface area contributed by atoms with Gasteiger partial charge in [-0.25, -0.2) is 14.6 Å². The van der Waals surface area contributed by atoms with Gasteiger partial charge in [0.2, 0.25) is 0 Å². The van der Waals surface area contributed by atoms with Gasteiger partial charge in [0.15, 0.2) is 12.3 Å².